The molecule has 0 aliphatic heterocycles. The number of rotatable bonds is 1. The van der Waals surface area contributed by atoms with Gasteiger partial charge in [0.05, 0.1) is 0 Å². The van der Waals surface area contributed by atoms with E-state index in [1.165, 1.54) is 17.0 Å². The first-order chi connectivity index (χ1) is 5.84. The molecule has 0 radical (unpaired) electrons. The number of aryl methyl sites for hydroxylation is 1. The molecule has 1 nitrogen and oxygen atoms in total. The molecule has 1 aromatic heterocycles. The van der Waals surface area contributed by atoms with E-state index in [2.05, 4.69) is 34.6 Å². The maximum atomic E-state index is 5.46. The summed E-state index contributed by atoms with van der Waals surface area (Å²) in [4.78, 5) is 0. The molecule has 1 heterocycles. The van der Waals surface area contributed by atoms with Crippen molar-refractivity contribution >= 4 is 0 Å². The van der Waals surface area contributed by atoms with Crippen LogP contribution in [0.5, 0.6) is 0 Å². The van der Waals surface area contributed by atoms with E-state index in [0.29, 0.717) is 0 Å². The Morgan fingerprint density at radius 1 is 1.21 bits per heavy atom. The first-order valence-corrected chi connectivity index (χ1v) is 4.73. The number of hydrogen-bond donors (Lipinski definition) is 0. The summed E-state index contributed by atoms with van der Waals surface area (Å²) < 4.78 is 5.46. The Morgan fingerprint density at radius 2 is 1.71 bits per heavy atom. The van der Waals surface area contributed by atoms with Gasteiger partial charge in [-0.3, -0.25) is 0 Å². The van der Waals surface area contributed by atoms with E-state index in [9.17, 15) is 0 Å². The molecule has 0 spiro atoms. The maximum absolute atomic E-state index is 5.46. The van der Waals surface area contributed by atoms with Crippen LogP contribution >= 0.6 is 0 Å². The minimum atomic E-state index is 0. The predicted octanol–water partition coefficient (Wildman–Crippen LogP) is 3.85. The van der Waals surface area contributed by atoms with Gasteiger partial charge in [-0.2, -0.15) is 5.92 Å². The second kappa shape index (κ2) is 4.57. The molecule has 1 rings (SSSR count). The Kier molecular flexibility index (Phi) is 4.52. The molecule has 0 amide bonds. The van der Waals surface area contributed by atoms with Crippen LogP contribution in [0.15, 0.2) is 10.7 Å². The Bertz CT molecular complexity index is 292. The van der Waals surface area contributed by atoms with E-state index in [4.69, 9.17) is 4.42 Å². The van der Waals surface area contributed by atoms with Gasteiger partial charge in [-0.1, -0.05) is 40.0 Å². The molecule has 1 aromatic rings. The van der Waals surface area contributed by atoms with Gasteiger partial charge < -0.3 is 4.42 Å². The van der Waals surface area contributed by atoms with Crippen molar-refractivity contribution in [3.8, 4) is 0 Å². The molecule has 0 saturated carbocycles. The van der Waals surface area contributed by atoms with Gasteiger partial charge in [-0.05, 0) is 13.2 Å². The molecule has 0 unspecified atom stereocenters. The minimum Gasteiger partial charge on any atom is -0.539 e. The second-order valence-corrected chi connectivity index (χ2v) is 4.83. The molecule has 0 fully saturated rings. The van der Waals surface area contributed by atoms with E-state index in [1.54, 1.807) is 0 Å². The molecule has 0 aromatic carbocycles. The van der Waals surface area contributed by atoms with Gasteiger partial charge in [-0.25, -0.2) is 0 Å². The van der Waals surface area contributed by atoms with Crippen molar-refractivity contribution in [2.45, 2.75) is 47.0 Å². The Hall–Kier alpha value is -0.162. The zero-order chi connectivity index (χ0) is 10.2. The van der Waals surface area contributed by atoms with Gasteiger partial charge in [0, 0.05) is 26.8 Å². The maximum Gasteiger partial charge on any atom is 0.0326 e. The van der Waals surface area contributed by atoms with Crippen molar-refractivity contribution < 1.29 is 25.5 Å². The summed E-state index contributed by atoms with van der Waals surface area (Å²) >= 11 is 0. The molecular weight excluding hydrogens is 344 g/mol. The normalized spacial score (nSPS) is 11.0. The van der Waals surface area contributed by atoms with Gasteiger partial charge in [0.15, 0.2) is 0 Å². The van der Waals surface area contributed by atoms with Crippen LogP contribution in [0.3, 0.4) is 0 Å². The summed E-state index contributed by atoms with van der Waals surface area (Å²) in [5.41, 5.74) is 2.78. The van der Waals surface area contributed by atoms with E-state index in [0.717, 1.165) is 5.76 Å². The third kappa shape index (κ3) is 2.67. The Labute approximate surface area is 102 Å². The van der Waals surface area contributed by atoms with Gasteiger partial charge in [0.2, 0.25) is 0 Å². The standard InChI is InChI=1S/C12H19O.W/c1-8(2)10-7-13-9(3)11(10)12(4,5)6;/h7H,1-6H3;/q-1;. The molecule has 80 valence electrons. The topological polar surface area (TPSA) is 13.1 Å². The van der Waals surface area contributed by atoms with Crippen LogP contribution in [-0.4, -0.2) is 0 Å². The molecular formula is C12H19OW-. The van der Waals surface area contributed by atoms with Crippen LogP contribution in [0.4, 0.5) is 0 Å². The number of furan rings is 1. The van der Waals surface area contributed by atoms with E-state index in [1.807, 2.05) is 13.2 Å². The van der Waals surface area contributed by atoms with Gasteiger partial charge >= 0.3 is 0 Å². The van der Waals surface area contributed by atoms with Crippen molar-refractivity contribution in [1.82, 2.24) is 0 Å². The van der Waals surface area contributed by atoms with Crippen LogP contribution in [0.25, 0.3) is 0 Å². The van der Waals surface area contributed by atoms with Crippen molar-refractivity contribution in [1.29, 1.82) is 0 Å². The average molecular weight is 363 g/mol. The van der Waals surface area contributed by atoms with E-state index in [-0.39, 0.29) is 26.5 Å². The summed E-state index contributed by atoms with van der Waals surface area (Å²) in [5.74, 6) is 2.37. The van der Waals surface area contributed by atoms with Gasteiger partial charge in [-0.15, -0.1) is 11.1 Å². The molecule has 0 aliphatic carbocycles. The smallest absolute Gasteiger partial charge is 0.0326 e. The number of hydrogen-bond acceptors (Lipinski definition) is 1. The summed E-state index contributed by atoms with van der Waals surface area (Å²) in [6, 6.07) is 0. The first kappa shape index (κ1) is 13.8. The van der Waals surface area contributed by atoms with Crippen molar-refractivity contribution in [2.75, 3.05) is 0 Å². The van der Waals surface area contributed by atoms with Crippen molar-refractivity contribution in [2.24, 2.45) is 0 Å². The Balaban J connectivity index is 0.00000169. The zero-order valence-electron chi connectivity index (χ0n) is 9.89. The fourth-order valence-electron chi connectivity index (χ4n) is 1.75. The third-order valence-corrected chi connectivity index (χ3v) is 2.26. The Morgan fingerprint density at radius 3 is 2.00 bits per heavy atom. The molecule has 0 saturated heterocycles. The van der Waals surface area contributed by atoms with Crippen LogP contribution in [0.1, 0.15) is 51.5 Å². The van der Waals surface area contributed by atoms with Crippen LogP contribution in [0.2, 0.25) is 0 Å². The molecule has 2 heteroatoms. The minimum absolute atomic E-state index is 0. The van der Waals surface area contributed by atoms with E-state index >= 15 is 0 Å². The van der Waals surface area contributed by atoms with Crippen LogP contribution in [-0.2, 0) is 26.5 Å². The van der Waals surface area contributed by atoms with Crippen molar-refractivity contribution in [3.05, 3.63) is 29.1 Å². The fourth-order valence-corrected chi connectivity index (χ4v) is 1.75. The second-order valence-electron chi connectivity index (χ2n) is 4.83. The summed E-state index contributed by atoms with van der Waals surface area (Å²) in [5, 5.41) is 0. The largest absolute Gasteiger partial charge is 0.539 e. The monoisotopic (exact) mass is 363 g/mol. The molecule has 0 N–H and O–H groups in total. The van der Waals surface area contributed by atoms with Gasteiger partial charge in [0.1, 0.15) is 0 Å². The van der Waals surface area contributed by atoms with E-state index < -0.39 is 0 Å². The van der Waals surface area contributed by atoms with Crippen molar-refractivity contribution in [3.63, 3.8) is 0 Å². The molecule has 0 aliphatic rings. The average Bonchev–Trinajstić information content (AvgIpc) is 2.28. The predicted molar refractivity (Wildman–Crippen MR) is 55.8 cm³/mol. The summed E-state index contributed by atoms with van der Waals surface area (Å²) in [6.07, 6.45) is 1.87. The third-order valence-electron chi connectivity index (χ3n) is 2.26. The molecule has 14 heavy (non-hydrogen) atoms. The zero-order valence-corrected chi connectivity index (χ0v) is 12.8. The first-order valence-electron chi connectivity index (χ1n) is 4.73. The summed E-state index contributed by atoms with van der Waals surface area (Å²) in [6.45, 7) is 12.9. The molecule has 0 bridgehead atoms. The van der Waals surface area contributed by atoms with Gasteiger partial charge in [0.25, 0.3) is 0 Å². The summed E-state index contributed by atoms with van der Waals surface area (Å²) in [7, 11) is 0. The fraction of sp³-hybridized carbons (Fsp3) is 0.583. The molecule has 0 atom stereocenters. The van der Waals surface area contributed by atoms with Crippen LogP contribution in [0, 0.1) is 12.8 Å². The van der Waals surface area contributed by atoms with Crippen LogP contribution < -0.4 is 0 Å². The quantitative estimate of drug-likeness (QED) is 0.691. The SMILES string of the molecule is Cc1occ([C-](C)C)c1C(C)(C)C.[W].